The zero-order valence-electron chi connectivity index (χ0n) is 14.8. The average Bonchev–Trinajstić information content (AvgIpc) is 2.63. The number of nitro groups is 2. The quantitative estimate of drug-likeness (QED) is 0.496. The van der Waals surface area contributed by atoms with Crippen molar-refractivity contribution < 1.29 is 24.5 Å². The normalized spacial score (nSPS) is 10.6. The van der Waals surface area contributed by atoms with Gasteiger partial charge in [-0.2, -0.15) is 0 Å². The molecule has 0 amide bonds. The molecule has 0 aromatic heterocycles. The number of nitrogens with zero attached hydrogens (tertiary/aromatic N) is 2. The number of carbonyl (C=O) groups is 1. The molecule has 142 valence electrons. The van der Waals surface area contributed by atoms with Crippen molar-refractivity contribution in [1.29, 1.82) is 0 Å². The Morgan fingerprint density at radius 3 is 2.14 bits per heavy atom. The van der Waals surface area contributed by atoms with Crippen LogP contribution >= 0.6 is 0 Å². The molecule has 3 aromatic carbocycles. The summed E-state index contributed by atoms with van der Waals surface area (Å²) in [7, 11) is 0. The number of rotatable bonds is 5. The zero-order chi connectivity index (χ0) is 20.6. The summed E-state index contributed by atoms with van der Waals surface area (Å²) in [5.41, 5.74) is -2.66. The molecule has 0 saturated heterocycles. The molecule has 9 nitrogen and oxygen atoms in total. The molecule has 0 aliphatic carbocycles. The second-order valence-electron chi connectivity index (χ2n) is 6.05. The lowest BCUT2D eigenvalue weighted by Gasteiger charge is -2.15. The first-order valence-corrected chi connectivity index (χ1v) is 8.08. The van der Waals surface area contributed by atoms with Gasteiger partial charge in [-0.25, -0.2) is 4.79 Å². The smallest absolute Gasteiger partial charge is 0.343 e. The number of carboxylic acids is 1. The summed E-state index contributed by atoms with van der Waals surface area (Å²) in [5.74, 6) is -1.62. The fourth-order valence-electron chi connectivity index (χ4n) is 3.17. The van der Waals surface area contributed by atoms with Crippen molar-refractivity contribution in [2.24, 2.45) is 0 Å². The Balaban J connectivity index is 2.35. The van der Waals surface area contributed by atoms with Crippen LogP contribution in [0.25, 0.3) is 10.8 Å². The van der Waals surface area contributed by atoms with Gasteiger partial charge in [-0.1, -0.05) is 36.4 Å². The number of ether oxygens (including phenoxy) is 1. The van der Waals surface area contributed by atoms with E-state index in [1.165, 1.54) is 6.92 Å². The van der Waals surface area contributed by atoms with Crippen molar-refractivity contribution in [2.75, 3.05) is 0 Å². The lowest BCUT2D eigenvalue weighted by Crippen LogP contribution is -2.11. The van der Waals surface area contributed by atoms with Crippen molar-refractivity contribution in [3.05, 3.63) is 79.4 Å². The number of benzene rings is 3. The van der Waals surface area contributed by atoms with Gasteiger partial charge >= 0.3 is 11.7 Å². The Labute approximate surface area is 158 Å². The zero-order valence-corrected chi connectivity index (χ0v) is 14.8. The van der Waals surface area contributed by atoms with Crippen LogP contribution in [-0.4, -0.2) is 20.9 Å². The summed E-state index contributed by atoms with van der Waals surface area (Å²) >= 11 is 0. The van der Waals surface area contributed by atoms with E-state index >= 15 is 0 Å². The van der Waals surface area contributed by atoms with Gasteiger partial charge < -0.3 is 9.84 Å². The standard InChI is InChI=1S/C19H14N2O7/c1-10-15(19(22)23)16(20(24)25)11(2)17(21(26)27)18(10)28-14-9-5-7-12-6-3-4-8-13(12)14/h3-9H,1-2H3,(H,22,23). The topological polar surface area (TPSA) is 133 Å². The molecule has 0 radical (unpaired) electrons. The molecule has 0 heterocycles. The maximum absolute atomic E-state index is 11.7. The molecule has 0 aliphatic heterocycles. The molecule has 28 heavy (non-hydrogen) atoms. The lowest BCUT2D eigenvalue weighted by molar-refractivity contribution is -0.395. The van der Waals surface area contributed by atoms with E-state index in [9.17, 15) is 30.1 Å². The van der Waals surface area contributed by atoms with Gasteiger partial charge in [-0.05, 0) is 25.3 Å². The summed E-state index contributed by atoms with van der Waals surface area (Å²) in [6.45, 7) is 2.39. The van der Waals surface area contributed by atoms with Crippen LogP contribution in [0.2, 0.25) is 0 Å². The van der Waals surface area contributed by atoms with E-state index in [2.05, 4.69) is 0 Å². The Morgan fingerprint density at radius 1 is 0.929 bits per heavy atom. The summed E-state index contributed by atoms with van der Waals surface area (Å²) in [4.78, 5) is 33.0. The van der Waals surface area contributed by atoms with Crippen LogP contribution in [0.15, 0.2) is 42.5 Å². The van der Waals surface area contributed by atoms with E-state index in [1.807, 2.05) is 18.2 Å². The van der Waals surface area contributed by atoms with Crippen LogP contribution in [0.5, 0.6) is 11.5 Å². The van der Waals surface area contributed by atoms with Crippen LogP contribution in [0.4, 0.5) is 11.4 Å². The number of carboxylic acid groups (broad SMARTS) is 1. The molecule has 0 spiro atoms. The first kappa shape index (κ1) is 18.8. The minimum absolute atomic E-state index is 0.190. The minimum atomic E-state index is -1.56. The van der Waals surface area contributed by atoms with E-state index in [4.69, 9.17) is 4.74 Å². The van der Waals surface area contributed by atoms with E-state index in [0.29, 0.717) is 5.39 Å². The molecule has 0 fully saturated rings. The molecule has 0 saturated carbocycles. The Bertz CT molecular complexity index is 1150. The fourth-order valence-corrected chi connectivity index (χ4v) is 3.17. The van der Waals surface area contributed by atoms with Crippen LogP contribution in [-0.2, 0) is 0 Å². The van der Waals surface area contributed by atoms with Gasteiger partial charge in [0.1, 0.15) is 16.9 Å². The van der Waals surface area contributed by atoms with Gasteiger partial charge in [0.15, 0.2) is 0 Å². The molecular weight excluding hydrogens is 368 g/mol. The Hall–Kier alpha value is -4.01. The van der Waals surface area contributed by atoms with Crippen molar-refractivity contribution in [3.8, 4) is 11.5 Å². The molecular formula is C19H14N2O7. The SMILES string of the molecule is Cc1c(Oc2cccc3ccccc23)c([N+](=O)[O-])c(C)c([N+](=O)[O-])c1C(=O)O. The molecule has 3 aromatic rings. The van der Waals surface area contributed by atoms with Gasteiger partial charge in [-0.3, -0.25) is 20.2 Å². The summed E-state index contributed by atoms with van der Waals surface area (Å²) in [6, 6.07) is 12.3. The number of fused-ring (bicyclic) bond motifs is 1. The van der Waals surface area contributed by atoms with Gasteiger partial charge in [0.25, 0.3) is 5.69 Å². The number of hydrogen-bond acceptors (Lipinski definition) is 6. The van der Waals surface area contributed by atoms with Crippen LogP contribution in [0.3, 0.4) is 0 Å². The maximum Gasteiger partial charge on any atom is 0.343 e. The Morgan fingerprint density at radius 2 is 1.54 bits per heavy atom. The molecule has 9 heteroatoms. The minimum Gasteiger partial charge on any atom is -0.477 e. The highest BCUT2D eigenvalue weighted by atomic mass is 16.6. The van der Waals surface area contributed by atoms with E-state index in [0.717, 1.165) is 12.3 Å². The highest BCUT2D eigenvalue weighted by Crippen LogP contribution is 2.45. The third-order valence-electron chi connectivity index (χ3n) is 4.42. The third-order valence-corrected chi connectivity index (χ3v) is 4.42. The monoisotopic (exact) mass is 382 g/mol. The Kier molecular flexibility index (Phi) is 4.66. The highest BCUT2D eigenvalue weighted by Gasteiger charge is 2.37. The summed E-state index contributed by atoms with van der Waals surface area (Å²) in [6.07, 6.45) is 0. The largest absolute Gasteiger partial charge is 0.477 e. The predicted molar refractivity (Wildman–Crippen MR) is 100 cm³/mol. The van der Waals surface area contributed by atoms with E-state index in [-0.39, 0.29) is 22.6 Å². The van der Waals surface area contributed by atoms with Crippen molar-refractivity contribution in [1.82, 2.24) is 0 Å². The molecule has 3 rings (SSSR count). The van der Waals surface area contributed by atoms with Crippen LogP contribution in [0.1, 0.15) is 21.5 Å². The van der Waals surface area contributed by atoms with Crippen molar-refractivity contribution >= 4 is 28.1 Å². The number of nitro benzene ring substituents is 2. The summed E-state index contributed by atoms with van der Waals surface area (Å²) in [5, 5.41) is 34.0. The molecule has 1 N–H and O–H groups in total. The second-order valence-corrected chi connectivity index (χ2v) is 6.05. The number of aromatic carboxylic acids is 1. The molecule has 0 unspecified atom stereocenters. The van der Waals surface area contributed by atoms with Gasteiger partial charge in [0.2, 0.25) is 5.75 Å². The maximum atomic E-state index is 11.7. The van der Waals surface area contributed by atoms with Gasteiger partial charge in [-0.15, -0.1) is 0 Å². The molecule has 0 aliphatic rings. The first-order chi connectivity index (χ1) is 13.2. The van der Waals surface area contributed by atoms with Gasteiger partial charge in [0.05, 0.1) is 9.85 Å². The van der Waals surface area contributed by atoms with E-state index in [1.54, 1.807) is 24.3 Å². The van der Waals surface area contributed by atoms with Crippen molar-refractivity contribution in [2.45, 2.75) is 13.8 Å². The second kappa shape index (κ2) is 6.95. The van der Waals surface area contributed by atoms with Gasteiger partial charge in [0, 0.05) is 10.9 Å². The number of hydrogen-bond donors (Lipinski definition) is 1. The molecule has 0 atom stereocenters. The fraction of sp³-hybridized carbons (Fsp3) is 0.105. The summed E-state index contributed by atoms with van der Waals surface area (Å²) < 4.78 is 5.79. The average molecular weight is 382 g/mol. The van der Waals surface area contributed by atoms with Crippen LogP contribution < -0.4 is 4.74 Å². The van der Waals surface area contributed by atoms with E-state index < -0.39 is 32.8 Å². The lowest BCUT2D eigenvalue weighted by atomic mass is 9.99. The third kappa shape index (κ3) is 2.98. The predicted octanol–water partition coefficient (Wildman–Crippen LogP) is 4.76. The highest BCUT2D eigenvalue weighted by molar-refractivity contribution is 5.97. The first-order valence-electron chi connectivity index (χ1n) is 8.08. The van der Waals surface area contributed by atoms with Crippen molar-refractivity contribution in [3.63, 3.8) is 0 Å². The molecule has 0 bridgehead atoms. The van der Waals surface area contributed by atoms with Crippen LogP contribution in [0, 0.1) is 34.1 Å².